The van der Waals surface area contributed by atoms with Crippen LogP contribution in [0, 0.1) is 0 Å². The van der Waals surface area contributed by atoms with Gasteiger partial charge in [0.2, 0.25) is 5.91 Å². The summed E-state index contributed by atoms with van der Waals surface area (Å²) in [6.07, 6.45) is -4.24. The Kier molecular flexibility index (Phi) is 7.65. The van der Waals surface area contributed by atoms with Gasteiger partial charge < -0.3 is 15.4 Å². The minimum absolute atomic E-state index is 0.0328. The molecule has 4 nitrogen and oxygen atoms in total. The molecule has 0 spiro atoms. The molecule has 0 aliphatic rings. The van der Waals surface area contributed by atoms with Crippen LogP contribution < -0.4 is 15.4 Å². The Balaban J connectivity index is 1.71. The number of carbonyl (C=O) groups excluding carboxylic acids is 1. The zero-order valence-corrected chi connectivity index (χ0v) is 14.7. The SMILES string of the molecule is O=C(CNc1ccccc1SCC(F)(F)F)NCCOc1ccccc1. The molecule has 0 saturated heterocycles. The van der Waals surface area contributed by atoms with E-state index in [9.17, 15) is 18.0 Å². The van der Waals surface area contributed by atoms with E-state index >= 15 is 0 Å². The van der Waals surface area contributed by atoms with Crippen LogP contribution in [0.4, 0.5) is 18.9 Å². The summed E-state index contributed by atoms with van der Waals surface area (Å²) in [5, 5.41) is 5.55. The van der Waals surface area contributed by atoms with Crippen LogP contribution in [0.5, 0.6) is 5.75 Å². The highest BCUT2D eigenvalue weighted by molar-refractivity contribution is 7.99. The molecule has 2 rings (SSSR count). The number of hydrogen-bond donors (Lipinski definition) is 2. The van der Waals surface area contributed by atoms with Crippen molar-refractivity contribution in [2.24, 2.45) is 0 Å². The number of para-hydroxylation sites is 2. The molecule has 8 heteroatoms. The monoisotopic (exact) mass is 384 g/mol. The van der Waals surface area contributed by atoms with Crippen LogP contribution >= 0.6 is 11.8 Å². The molecule has 140 valence electrons. The van der Waals surface area contributed by atoms with Gasteiger partial charge in [0.1, 0.15) is 12.4 Å². The van der Waals surface area contributed by atoms with Crippen LogP contribution in [0.15, 0.2) is 59.5 Å². The summed E-state index contributed by atoms with van der Waals surface area (Å²) in [5.74, 6) is -0.526. The summed E-state index contributed by atoms with van der Waals surface area (Å²) in [4.78, 5) is 12.3. The van der Waals surface area contributed by atoms with Gasteiger partial charge in [0.05, 0.1) is 18.8 Å². The summed E-state index contributed by atoms with van der Waals surface area (Å²) >= 11 is 0.686. The molecule has 0 saturated carbocycles. The van der Waals surface area contributed by atoms with Crippen molar-refractivity contribution in [1.29, 1.82) is 0 Å². The molecule has 0 aliphatic carbocycles. The number of ether oxygens (including phenoxy) is 1. The van der Waals surface area contributed by atoms with E-state index in [2.05, 4.69) is 10.6 Å². The standard InChI is InChI=1S/C18H19F3N2O2S/c19-18(20,21)13-26-16-9-5-4-8-15(16)23-12-17(24)22-10-11-25-14-6-2-1-3-7-14/h1-9,23H,10-13H2,(H,22,24). The van der Waals surface area contributed by atoms with E-state index in [1.54, 1.807) is 24.3 Å². The highest BCUT2D eigenvalue weighted by atomic mass is 32.2. The number of rotatable bonds is 9. The van der Waals surface area contributed by atoms with Gasteiger partial charge in [-0.2, -0.15) is 13.2 Å². The topological polar surface area (TPSA) is 50.4 Å². The maximum Gasteiger partial charge on any atom is 0.398 e. The first-order valence-electron chi connectivity index (χ1n) is 7.91. The Morgan fingerprint density at radius 3 is 2.46 bits per heavy atom. The van der Waals surface area contributed by atoms with Gasteiger partial charge in [-0.05, 0) is 24.3 Å². The van der Waals surface area contributed by atoms with Crippen LogP contribution in [0.1, 0.15) is 0 Å². The first-order valence-corrected chi connectivity index (χ1v) is 8.89. The van der Waals surface area contributed by atoms with Crippen LogP contribution in [0.3, 0.4) is 0 Å². The lowest BCUT2D eigenvalue weighted by molar-refractivity contribution is -0.119. The molecule has 0 atom stereocenters. The number of thioether (sulfide) groups is 1. The molecule has 0 aromatic heterocycles. The van der Waals surface area contributed by atoms with Gasteiger partial charge in [-0.3, -0.25) is 4.79 Å². The van der Waals surface area contributed by atoms with Gasteiger partial charge >= 0.3 is 6.18 Å². The van der Waals surface area contributed by atoms with Crippen molar-refractivity contribution in [3.8, 4) is 5.75 Å². The summed E-state index contributed by atoms with van der Waals surface area (Å²) in [5.41, 5.74) is 0.498. The third kappa shape index (κ3) is 7.69. The van der Waals surface area contributed by atoms with Gasteiger partial charge in [0.25, 0.3) is 0 Å². The molecule has 2 N–H and O–H groups in total. The number of anilines is 1. The van der Waals surface area contributed by atoms with E-state index in [0.29, 0.717) is 35.5 Å². The van der Waals surface area contributed by atoms with Crippen molar-refractivity contribution in [2.75, 3.05) is 30.8 Å². The average molecular weight is 384 g/mol. The van der Waals surface area contributed by atoms with E-state index in [-0.39, 0.29) is 12.5 Å². The maximum atomic E-state index is 12.4. The number of halogens is 3. The van der Waals surface area contributed by atoms with Crippen molar-refractivity contribution in [2.45, 2.75) is 11.1 Å². The summed E-state index contributed by atoms with van der Waals surface area (Å²) in [6, 6.07) is 15.8. The van der Waals surface area contributed by atoms with Gasteiger partial charge in [0.15, 0.2) is 0 Å². The normalized spacial score (nSPS) is 11.0. The highest BCUT2D eigenvalue weighted by Gasteiger charge is 2.27. The lowest BCUT2D eigenvalue weighted by Gasteiger charge is -2.13. The molecular weight excluding hydrogens is 365 g/mol. The zero-order chi connectivity index (χ0) is 18.8. The van der Waals surface area contributed by atoms with Crippen molar-refractivity contribution < 1.29 is 22.7 Å². The number of amides is 1. The molecule has 2 aromatic carbocycles. The van der Waals surface area contributed by atoms with Gasteiger partial charge in [0, 0.05) is 10.6 Å². The largest absolute Gasteiger partial charge is 0.492 e. The molecular formula is C18H19F3N2O2S. The van der Waals surface area contributed by atoms with Crippen molar-refractivity contribution in [3.05, 3.63) is 54.6 Å². The van der Waals surface area contributed by atoms with Crippen molar-refractivity contribution >= 4 is 23.4 Å². The number of nitrogens with one attached hydrogen (secondary N) is 2. The first kappa shape index (κ1) is 20.0. The number of benzene rings is 2. The van der Waals surface area contributed by atoms with E-state index in [1.165, 1.54) is 0 Å². The third-order valence-corrected chi connectivity index (χ3v) is 4.29. The Bertz CT molecular complexity index is 696. The minimum atomic E-state index is -4.24. The smallest absolute Gasteiger partial charge is 0.398 e. The van der Waals surface area contributed by atoms with E-state index in [1.807, 2.05) is 30.3 Å². The average Bonchev–Trinajstić information content (AvgIpc) is 2.63. The molecule has 0 fully saturated rings. The summed E-state index contributed by atoms with van der Waals surface area (Å²) in [7, 11) is 0. The summed E-state index contributed by atoms with van der Waals surface area (Å²) in [6.45, 7) is 0.628. The molecule has 0 aliphatic heterocycles. The maximum absolute atomic E-state index is 12.4. The lowest BCUT2D eigenvalue weighted by Crippen LogP contribution is -2.33. The van der Waals surface area contributed by atoms with Gasteiger partial charge in [-0.25, -0.2) is 0 Å². The fourth-order valence-electron chi connectivity index (χ4n) is 2.01. The predicted octanol–water partition coefficient (Wildman–Crippen LogP) is 3.95. The number of hydrogen-bond acceptors (Lipinski definition) is 4. The second-order valence-corrected chi connectivity index (χ2v) is 6.28. The van der Waals surface area contributed by atoms with Crippen LogP contribution in [0.25, 0.3) is 0 Å². The molecule has 0 bridgehead atoms. The number of carbonyl (C=O) groups is 1. The van der Waals surface area contributed by atoms with Crippen LogP contribution in [-0.2, 0) is 4.79 Å². The number of alkyl halides is 3. The van der Waals surface area contributed by atoms with Crippen molar-refractivity contribution in [1.82, 2.24) is 5.32 Å². The minimum Gasteiger partial charge on any atom is -0.492 e. The molecule has 26 heavy (non-hydrogen) atoms. The third-order valence-electron chi connectivity index (χ3n) is 3.15. The lowest BCUT2D eigenvalue weighted by atomic mass is 10.3. The van der Waals surface area contributed by atoms with Crippen LogP contribution in [0.2, 0.25) is 0 Å². The molecule has 0 unspecified atom stereocenters. The summed E-state index contributed by atoms with van der Waals surface area (Å²) < 4.78 is 42.6. The van der Waals surface area contributed by atoms with E-state index in [0.717, 1.165) is 5.75 Å². The van der Waals surface area contributed by atoms with Crippen LogP contribution in [-0.4, -0.2) is 37.5 Å². The molecule has 0 heterocycles. The molecule has 2 aromatic rings. The first-order chi connectivity index (χ1) is 12.4. The van der Waals surface area contributed by atoms with Gasteiger partial charge in [-0.1, -0.05) is 30.3 Å². The Morgan fingerprint density at radius 1 is 1.04 bits per heavy atom. The fraction of sp³-hybridized carbons (Fsp3) is 0.278. The fourth-order valence-corrected chi connectivity index (χ4v) is 2.80. The Hall–Kier alpha value is -2.35. The quantitative estimate of drug-likeness (QED) is 0.508. The molecule has 0 radical (unpaired) electrons. The second kappa shape index (κ2) is 9.96. The van der Waals surface area contributed by atoms with Gasteiger partial charge in [-0.15, -0.1) is 11.8 Å². The predicted molar refractivity (Wildman–Crippen MR) is 96.7 cm³/mol. The Morgan fingerprint density at radius 2 is 1.73 bits per heavy atom. The van der Waals surface area contributed by atoms with Crippen molar-refractivity contribution in [3.63, 3.8) is 0 Å². The zero-order valence-electron chi connectivity index (χ0n) is 13.9. The highest BCUT2D eigenvalue weighted by Crippen LogP contribution is 2.31. The Labute approximate surface area is 154 Å². The molecule has 1 amide bonds. The van der Waals surface area contributed by atoms with E-state index in [4.69, 9.17) is 4.74 Å². The van der Waals surface area contributed by atoms with E-state index < -0.39 is 11.9 Å². The second-order valence-electron chi connectivity index (χ2n) is 5.27.